The molecule has 0 saturated carbocycles. The lowest BCUT2D eigenvalue weighted by Gasteiger charge is -2.27. The Morgan fingerprint density at radius 3 is 3.00 bits per heavy atom. The van der Waals surface area contributed by atoms with Crippen molar-refractivity contribution in [3.05, 3.63) is 22.4 Å². The predicted molar refractivity (Wildman–Crippen MR) is 70.5 cm³/mol. The number of thiophene rings is 1. The molecule has 0 spiro atoms. The van der Waals surface area contributed by atoms with Crippen molar-refractivity contribution in [2.75, 3.05) is 32.7 Å². The van der Waals surface area contributed by atoms with Gasteiger partial charge in [-0.1, -0.05) is 6.07 Å². The molecule has 17 heavy (non-hydrogen) atoms. The molecule has 1 fully saturated rings. The summed E-state index contributed by atoms with van der Waals surface area (Å²) >= 11 is 1.78. The zero-order chi connectivity index (χ0) is 11.9. The molecule has 0 bridgehead atoms. The van der Waals surface area contributed by atoms with Gasteiger partial charge < -0.3 is 15.5 Å². The van der Waals surface area contributed by atoms with E-state index in [2.05, 4.69) is 28.1 Å². The van der Waals surface area contributed by atoms with E-state index in [-0.39, 0.29) is 6.03 Å². The molecule has 2 heterocycles. The molecule has 0 atom stereocenters. The van der Waals surface area contributed by atoms with Crippen LogP contribution >= 0.6 is 11.3 Å². The molecule has 0 unspecified atom stereocenters. The van der Waals surface area contributed by atoms with E-state index in [1.807, 2.05) is 4.90 Å². The molecule has 2 rings (SSSR count). The van der Waals surface area contributed by atoms with Gasteiger partial charge in [0.2, 0.25) is 0 Å². The number of hydrogen-bond donors (Lipinski definition) is 2. The smallest absolute Gasteiger partial charge is 0.317 e. The summed E-state index contributed by atoms with van der Waals surface area (Å²) in [5.41, 5.74) is 0. The Morgan fingerprint density at radius 2 is 2.29 bits per heavy atom. The van der Waals surface area contributed by atoms with Crippen LogP contribution in [0.2, 0.25) is 0 Å². The highest BCUT2D eigenvalue weighted by Gasteiger charge is 2.14. The van der Waals surface area contributed by atoms with Crippen LogP contribution in [0, 0.1) is 0 Å². The number of aryl methyl sites for hydroxylation is 1. The summed E-state index contributed by atoms with van der Waals surface area (Å²) in [6.45, 7) is 4.21. The van der Waals surface area contributed by atoms with Gasteiger partial charge in [0.25, 0.3) is 0 Å². The third kappa shape index (κ3) is 4.02. The number of piperazine rings is 1. The maximum absolute atomic E-state index is 11.7. The third-order valence-electron chi connectivity index (χ3n) is 2.86. The Labute approximate surface area is 106 Å². The van der Waals surface area contributed by atoms with Crippen LogP contribution in [0.1, 0.15) is 11.3 Å². The summed E-state index contributed by atoms with van der Waals surface area (Å²) in [4.78, 5) is 15.0. The van der Waals surface area contributed by atoms with Crippen LogP contribution in [0.15, 0.2) is 17.5 Å². The summed E-state index contributed by atoms with van der Waals surface area (Å²) in [6.07, 6.45) is 2.07. The van der Waals surface area contributed by atoms with Gasteiger partial charge in [0.05, 0.1) is 0 Å². The average molecular weight is 253 g/mol. The first kappa shape index (κ1) is 12.4. The van der Waals surface area contributed by atoms with Crippen molar-refractivity contribution in [3.8, 4) is 0 Å². The summed E-state index contributed by atoms with van der Waals surface area (Å²) in [7, 11) is 0. The fourth-order valence-electron chi connectivity index (χ4n) is 1.89. The SMILES string of the molecule is O=C(NCCCc1cccs1)N1CCNCC1. The van der Waals surface area contributed by atoms with Crippen LogP contribution in [0.3, 0.4) is 0 Å². The summed E-state index contributed by atoms with van der Waals surface area (Å²) in [5.74, 6) is 0. The number of nitrogens with zero attached hydrogens (tertiary/aromatic N) is 1. The van der Waals surface area contributed by atoms with Crippen molar-refractivity contribution in [3.63, 3.8) is 0 Å². The second-order valence-corrected chi connectivity index (χ2v) is 5.18. The van der Waals surface area contributed by atoms with E-state index < -0.39 is 0 Å². The van der Waals surface area contributed by atoms with E-state index in [0.717, 1.165) is 45.6 Å². The first-order valence-corrected chi connectivity index (χ1v) is 7.00. The maximum Gasteiger partial charge on any atom is 0.317 e. The van der Waals surface area contributed by atoms with Crippen molar-refractivity contribution in [2.24, 2.45) is 0 Å². The van der Waals surface area contributed by atoms with Crippen molar-refractivity contribution in [1.29, 1.82) is 0 Å². The Hall–Kier alpha value is -1.07. The standard InChI is InChI=1S/C12H19N3OS/c16-12(15-8-6-13-7-9-15)14-5-1-3-11-4-2-10-17-11/h2,4,10,13H,1,3,5-9H2,(H,14,16). The first-order chi connectivity index (χ1) is 8.36. The molecule has 94 valence electrons. The molecule has 2 amide bonds. The number of carbonyl (C=O) groups excluding carboxylic acids is 1. The highest BCUT2D eigenvalue weighted by Crippen LogP contribution is 2.10. The van der Waals surface area contributed by atoms with Gasteiger partial charge in [0.1, 0.15) is 0 Å². The normalized spacial score (nSPS) is 15.9. The molecule has 1 aliphatic heterocycles. The topological polar surface area (TPSA) is 44.4 Å². The van der Waals surface area contributed by atoms with Crippen molar-refractivity contribution in [2.45, 2.75) is 12.8 Å². The van der Waals surface area contributed by atoms with E-state index >= 15 is 0 Å². The number of urea groups is 1. The third-order valence-corrected chi connectivity index (χ3v) is 3.80. The van der Waals surface area contributed by atoms with E-state index in [0.29, 0.717) is 0 Å². The number of nitrogens with one attached hydrogen (secondary N) is 2. The van der Waals surface area contributed by atoms with Gasteiger partial charge in [-0.15, -0.1) is 11.3 Å². The van der Waals surface area contributed by atoms with E-state index in [1.165, 1.54) is 4.88 Å². The first-order valence-electron chi connectivity index (χ1n) is 6.12. The monoisotopic (exact) mass is 253 g/mol. The molecule has 4 nitrogen and oxygen atoms in total. The number of carbonyl (C=O) groups is 1. The van der Waals surface area contributed by atoms with Crippen LogP contribution in [0.25, 0.3) is 0 Å². The predicted octanol–water partition coefficient (Wildman–Crippen LogP) is 1.30. The van der Waals surface area contributed by atoms with Gasteiger partial charge in [-0.05, 0) is 24.3 Å². The minimum Gasteiger partial charge on any atom is -0.338 e. The molecule has 1 aromatic heterocycles. The number of amides is 2. The summed E-state index contributed by atoms with van der Waals surface area (Å²) < 4.78 is 0. The van der Waals surface area contributed by atoms with E-state index in [4.69, 9.17) is 0 Å². The molecule has 1 aromatic rings. The minimum atomic E-state index is 0.0812. The van der Waals surface area contributed by atoms with Crippen molar-refractivity contribution < 1.29 is 4.79 Å². The average Bonchev–Trinajstić information content (AvgIpc) is 2.88. The van der Waals surface area contributed by atoms with E-state index in [9.17, 15) is 4.79 Å². The lowest BCUT2D eigenvalue weighted by Crippen LogP contribution is -2.50. The highest BCUT2D eigenvalue weighted by atomic mass is 32.1. The molecule has 1 saturated heterocycles. The lowest BCUT2D eigenvalue weighted by atomic mass is 10.2. The summed E-state index contributed by atoms with van der Waals surface area (Å²) in [6, 6.07) is 4.29. The van der Waals surface area contributed by atoms with Crippen LogP contribution in [-0.4, -0.2) is 43.7 Å². The van der Waals surface area contributed by atoms with Gasteiger partial charge in [-0.25, -0.2) is 4.79 Å². The fraction of sp³-hybridized carbons (Fsp3) is 0.583. The molecule has 5 heteroatoms. The number of rotatable bonds is 4. The van der Waals surface area contributed by atoms with Crippen LogP contribution in [0.4, 0.5) is 4.79 Å². The molecule has 0 aliphatic carbocycles. The van der Waals surface area contributed by atoms with Crippen LogP contribution in [-0.2, 0) is 6.42 Å². The van der Waals surface area contributed by atoms with Gasteiger partial charge in [0, 0.05) is 37.6 Å². The maximum atomic E-state index is 11.7. The van der Waals surface area contributed by atoms with Crippen LogP contribution in [0.5, 0.6) is 0 Å². The summed E-state index contributed by atoms with van der Waals surface area (Å²) in [5, 5.41) is 8.31. The van der Waals surface area contributed by atoms with Gasteiger partial charge in [-0.3, -0.25) is 0 Å². The Balaban J connectivity index is 1.59. The zero-order valence-corrected chi connectivity index (χ0v) is 10.8. The zero-order valence-electron chi connectivity index (χ0n) is 9.95. The molecule has 2 N–H and O–H groups in total. The van der Waals surface area contributed by atoms with Gasteiger partial charge in [0.15, 0.2) is 0 Å². The van der Waals surface area contributed by atoms with Gasteiger partial charge in [-0.2, -0.15) is 0 Å². The molecular weight excluding hydrogens is 234 g/mol. The lowest BCUT2D eigenvalue weighted by molar-refractivity contribution is 0.190. The molecular formula is C12H19N3OS. The second kappa shape index (κ2) is 6.61. The largest absolute Gasteiger partial charge is 0.338 e. The Morgan fingerprint density at radius 1 is 1.47 bits per heavy atom. The molecule has 1 aliphatic rings. The van der Waals surface area contributed by atoms with Gasteiger partial charge >= 0.3 is 6.03 Å². The second-order valence-electron chi connectivity index (χ2n) is 4.15. The number of hydrogen-bond acceptors (Lipinski definition) is 3. The molecule has 0 radical (unpaired) electrons. The Kier molecular flexibility index (Phi) is 4.82. The van der Waals surface area contributed by atoms with Crippen molar-refractivity contribution >= 4 is 17.4 Å². The highest BCUT2D eigenvalue weighted by molar-refractivity contribution is 7.09. The minimum absolute atomic E-state index is 0.0812. The Bertz CT molecular complexity index is 334. The van der Waals surface area contributed by atoms with Crippen molar-refractivity contribution in [1.82, 2.24) is 15.5 Å². The molecule has 0 aromatic carbocycles. The van der Waals surface area contributed by atoms with E-state index in [1.54, 1.807) is 11.3 Å². The van der Waals surface area contributed by atoms with Crippen LogP contribution < -0.4 is 10.6 Å². The quantitative estimate of drug-likeness (QED) is 0.794. The fourth-order valence-corrected chi connectivity index (χ4v) is 2.64.